The van der Waals surface area contributed by atoms with Crippen molar-refractivity contribution in [2.24, 2.45) is 4.99 Å². The van der Waals surface area contributed by atoms with Crippen molar-refractivity contribution in [1.82, 2.24) is 14.9 Å². The number of rotatable bonds is 9. The maximum absolute atomic E-state index is 12.0. The maximum Gasteiger partial charge on any atom is 0.213 e. The minimum Gasteiger partial charge on any atom is -0.469 e. The molecule has 0 aliphatic carbocycles. The lowest BCUT2D eigenvalue weighted by Gasteiger charge is -2.32. The highest BCUT2D eigenvalue weighted by Crippen LogP contribution is 2.14. The van der Waals surface area contributed by atoms with E-state index in [4.69, 9.17) is 9.15 Å². The summed E-state index contributed by atoms with van der Waals surface area (Å²) in [4.78, 5) is 4.52. The van der Waals surface area contributed by atoms with Crippen LogP contribution in [-0.2, 0) is 21.2 Å². The number of nitrogens with zero attached hydrogens (tertiary/aromatic N) is 2. The van der Waals surface area contributed by atoms with Crippen molar-refractivity contribution in [3.05, 3.63) is 24.2 Å². The molecule has 2 rings (SSSR count). The molecule has 1 saturated heterocycles. The van der Waals surface area contributed by atoms with Crippen LogP contribution in [0.5, 0.6) is 0 Å². The molecule has 0 bridgehead atoms. The third-order valence-corrected chi connectivity index (χ3v) is 6.24. The number of ether oxygens (including phenoxy) is 1. The number of methoxy groups -OCH3 is 1. The highest BCUT2D eigenvalue weighted by Gasteiger charge is 2.27. The van der Waals surface area contributed by atoms with E-state index >= 15 is 0 Å². The lowest BCUT2D eigenvalue weighted by Crippen LogP contribution is -2.50. The Balaban J connectivity index is 0.00000364. The third kappa shape index (κ3) is 8.36. The SMILES string of the molecule is CCS(=O)(=O)N1CCC(NC(=NCCOC)NCCc2ccco2)CC1.I. The quantitative estimate of drug-likeness (QED) is 0.224. The first-order valence-electron chi connectivity index (χ1n) is 9.09. The molecule has 1 fully saturated rings. The van der Waals surface area contributed by atoms with Crippen molar-refractivity contribution in [1.29, 1.82) is 0 Å². The zero-order valence-electron chi connectivity index (χ0n) is 16.0. The van der Waals surface area contributed by atoms with Gasteiger partial charge in [-0.2, -0.15) is 0 Å². The summed E-state index contributed by atoms with van der Waals surface area (Å²) < 4.78 is 35.9. The summed E-state index contributed by atoms with van der Waals surface area (Å²) in [6.45, 7) is 4.60. The first-order valence-corrected chi connectivity index (χ1v) is 10.7. The van der Waals surface area contributed by atoms with E-state index in [1.807, 2.05) is 12.1 Å². The average Bonchev–Trinajstić information content (AvgIpc) is 3.15. The van der Waals surface area contributed by atoms with Crippen molar-refractivity contribution in [3.8, 4) is 0 Å². The van der Waals surface area contributed by atoms with Gasteiger partial charge in [-0.1, -0.05) is 0 Å². The zero-order chi connectivity index (χ0) is 18.8. The standard InChI is InChI=1S/C17H30N4O4S.HI/c1-3-26(22,23)21-11-7-15(8-12-21)20-17(19-10-14-24-2)18-9-6-16-5-4-13-25-16;/h4-5,13,15H,3,6-12,14H2,1-2H3,(H2,18,19,20);1H. The molecule has 0 radical (unpaired) electrons. The number of furan rings is 1. The van der Waals surface area contributed by atoms with Crippen LogP contribution < -0.4 is 10.6 Å². The van der Waals surface area contributed by atoms with Crippen LogP contribution in [0.4, 0.5) is 0 Å². The van der Waals surface area contributed by atoms with Gasteiger partial charge in [-0.25, -0.2) is 12.7 Å². The topological polar surface area (TPSA) is 96.2 Å². The Labute approximate surface area is 179 Å². The number of aliphatic imine (C=N–C) groups is 1. The average molecular weight is 514 g/mol. The van der Waals surface area contributed by atoms with Gasteiger partial charge in [0.1, 0.15) is 5.76 Å². The molecule has 0 unspecified atom stereocenters. The molecule has 1 aliphatic heterocycles. The molecule has 0 atom stereocenters. The molecule has 8 nitrogen and oxygen atoms in total. The summed E-state index contributed by atoms with van der Waals surface area (Å²) in [5.74, 6) is 1.81. The number of piperidine rings is 1. The fraction of sp³-hybridized carbons (Fsp3) is 0.706. The first-order chi connectivity index (χ1) is 12.5. The highest BCUT2D eigenvalue weighted by atomic mass is 127. The van der Waals surface area contributed by atoms with Crippen molar-refractivity contribution in [3.63, 3.8) is 0 Å². The Morgan fingerprint density at radius 3 is 2.74 bits per heavy atom. The van der Waals surface area contributed by atoms with Gasteiger partial charge in [0, 0.05) is 39.2 Å². The van der Waals surface area contributed by atoms with Crippen LogP contribution in [0.2, 0.25) is 0 Å². The molecule has 27 heavy (non-hydrogen) atoms. The summed E-state index contributed by atoms with van der Waals surface area (Å²) in [5.41, 5.74) is 0. The summed E-state index contributed by atoms with van der Waals surface area (Å²) in [6, 6.07) is 4.02. The van der Waals surface area contributed by atoms with Gasteiger partial charge in [0.15, 0.2) is 5.96 Å². The van der Waals surface area contributed by atoms with Crippen LogP contribution in [0.15, 0.2) is 27.8 Å². The molecule has 1 aromatic rings. The van der Waals surface area contributed by atoms with Gasteiger partial charge in [0.05, 0.1) is 25.2 Å². The molecule has 156 valence electrons. The summed E-state index contributed by atoms with van der Waals surface area (Å²) in [7, 11) is -1.45. The summed E-state index contributed by atoms with van der Waals surface area (Å²) in [5, 5.41) is 6.72. The van der Waals surface area contributed by atoms with Crippen LogP contribution in [0.25, 0.3) is 0 Å². The number of nitrogens with one attached hydrogen (secondary N) is 2. The van der Waals surface area contributed by atoms with Gasteiger partial charge >= 0.3 is 0 Å². The first kappa shape index (κ1) is 24.2. The Morgan fingerprint density at radius 2 is 2.15 bits per heavy atom. The minimum atomic E-state index is -3.10. The number of halogens is 1. The molecule has 2 heterocycles. The second kappa shape index (κ2) is 12.6. The van der Waals surface area contributed by atoms with Gasteiger partial charge in [0.25, 0.3) is 0 Å². The number of hydrogen-bond donors (Lipinski definition) is 2. The van der Waals surface area contributed by atoms with E-state index in [1.165, 1.54) is 0 Å². The normalized spacial score (nSPS) is 16.7. The Bertz CT molecular complexity index is 644. The van der Waals surface area contributed by atoms with Crippen LogP contribution in [0.1, 0.15) is 25.5 Å². The largest absolute Gasteiger partial charge is 0.469 e. The van der Waals surface area contributed by atoms with Crippen LogP contribution >= 0.6 is 24.0 Å². The van der Waals surface area contributed by atoms with E-state index in [-0.39, 0.29) is 35.8 Å². The Morgan fingerprint density at radius 1 is 1.41 bits per heavy atom. The van der Waals surface area contributed by atoms with Crippen LogP contribution in [-0.4, -0.2) is 70.4 Å². The van der Waals surface area contributed by atoms with E-state index in [9.17, 15) is 8.42 Å². The maximum atomic E-state index is 12.0. The molecule has 0 amide bonds. The number of sulfonamides is 1. The molecule has 2 N–H and O–H groups in total. The summed E-state index contributed by atoms with van der Waals surface area (Å²) >= 11 is 0. The van der Waals surface area contributed by atoms with Gasteiger partial charge < -0.3 is 19.8 Å². The molecule has 1 aliphatic rings. The lowest BCUT2D eigenvalue weighted by atomic mass is 10.1. The predicted octanol–water partition coefficient (Wildman–Crippen LogP) is 1.44. The minimum absolute atomic E-state index is 0. The van der Waals surface area contributed by atoms with Gasteiger partial charge in [-0.05, 0) is 31.9 Å². The Kier molecular flexibility index (Phi) is 11.3. The van der Waals surface area contributed by atoms with E-state index in [0.29, 0.717) is 32.8 Å². The van der Waals surface area contributed by atoms with Gasteiger partial charge in [-0.15, -0.1) is 24.0 Å². The van der Waals surface area contributed by atoms with Gasteiger partial charge in [0.2, 0.25) is 10.0 Å². The fourth-order valence-corrected chi connectivity index (χ4v) is 3.95. The smallest absolute Gasteiger partial charge is 0.213 e. The number of hydrogen-bond acceptors (Lipinski definition) is 5. The van der Waals surface area contributed by atoms with Crippen molar-refractivity contribution >= 4 is 40.0 Å². The molecule has 0 saturated carbocycles. The second-order valence-corrected chi connectivity index (χ2v) is 8.46. The highest BCUT2D eigenvalue weighted by molar-refractivity contribution is 14.0. The van der Waals surface area contributed by atoms with E-state index in [0.717, 1.165) is 31.0 Å². The monoisotopic (exact) mass is 514 g/mol. The molecule has 1 aromatic heterocycles. The zero-order valence-corrected chi connectivity index (χ0v) is 19.2. The van der Waals surface area contributed by atoms with Crippen LogP contribution in [0.3, 0.4) is 0 Å². The van der Waals surface area contributed by atoms with Crippen molar-refractivity contribution in [2.45, 2.75) is 32.2 Å². The molecule has 10 heteroatoms. The second-order valence-electron chi connectivity index (χ2n) is 6.20. The van der Waals surface area contributed by atoms with Crippen molar-refractivity contribution in [2.75, 3.05) is 45.6 Å². The van der Waals surface area contributed by atoms with Crippen molar-refractivity contribution < 1.29 is 17.6 Å². The van der Waals surface area contributed by atoms with E-state index in [2.05, 4.69) is 15.6 Å². The summed E-state index contributed by atoms with van der Waals surface area (Å²) in [6.07, 6.45) is 3.97. The molecular formula is C17H31IN4O4S. The Hall–Kier alpha value is -0.850. The molecule has 0 spiro atoms. The van der Waals surface area contributed by atoms with Crippen LogP contribution in [0, 0.1) is 0 Å². The molecular weight excluding hydrogens is 483 g/mol. The van der Waals surface area contributed by atoms with E-state index < -0.39 is 10.0 Å². The third-order valence-electron chi connectivity index (χ3n) is 4.36. The lowest BCUT2D eigenvalue weighted by molar-refractivity contribution is 0.207. The van der Waals surface area contributed by atoms with Gasteiger partial charge in [-0.3, -0.25) is 4.99 Å². The van der Waals surface area contributed by atoms with E-state index in [1.54, 1.807) is 24.6 Å². The predicted molar refractivity (Wildman–Crippen MR) is 117 cm³/mol. The number of guanidine groups is 1. The fourth-order valence-electron chi connectivity index (χ4n) is 2.81. The molecule has 0 aromatic carbocycles.